The van der Waals surface area contributed by atoms with E-state index in [9.17, 15) is 4.79 Å². The van der Waals surface area contributed by atoms with Crippen molar-refractivity contribution in [2.24, 2.45) is 0 Å². The number of halogens is 1. The summed E-state index contributed by atoms with van der Waals surface area (Å²) < 4.78 is 8.03. The molecule has 0 saturated carbocycles. The largest absolute Gasteiger partial charge is 0.443 e. The van der Waals surface area contributed by atoms with E-state index in [1.165, 1.54) is 0 Å². The van der Waals surface area contributed by atoms with Gasteiger partial charge in [0.1, 0.15) is 24.2 Å². The van der Waals surface area contributed by atoms with Gasteiger partial charge in [0, 0.05) is 18.0 Å². The Labute approximate surface area is 185 Å². The minimum atomic E-state index is -0.124. The van der Waals surface area contributed by atoms with Crippen LogP contribution < -0.4 is 0 Å². The number of carbonyl (C=O) groups is 1. The fourth-order valence-corrected chi connectivity index (χ4v) is 4.43. The molecule has 3 heterocycles. The van der Waals surface area contributed by atoms with Crippen LogP contribution in [-0.2, 0) is 17.8 Å². The third kappa shape index (κ3) is 3.95. The molecule has 0 radical (unpaired) electrons. The third-order valence-electron chi connectivity index (χ3n) is 5.86. The lowest BCUT2D eigenvalue weighted by Gasteiger charge is -2.23. The van der Waals surface area contributed by atoms with Gasteiger partial charge in [0.05, 0.1) is 17.2 Å². The molecule has 31 heavy (non-hydrogen) atoms. The van der Waals surface area contributed by atoms with Crippen LogP contribution in [-0.4, -0.2) is 31.9 Å². The SMILES string of the molecule is Cc1nc2ccccc2n1CC(=O)N1CCCC1c1ncc(Cc2ccc(Cl)cc2)o1. The third-order valence-corrected chi connectivity index (χ3v) is 6.11. The van der Waals surface area contributed by atoms with E-state index in [4.69, 9.17) is 16.0 Å². The Morgan fingerprint density at radius 2 is 2.00 bits per heavy atom. The highest BCUT2D eigenvalue weighted by atomic mass is 35.5. The number of nitrogens with zero attached hydrogens (tertiary/aromatic N) is 4. The van der Waals surface area contributed by atoms with Crippen molar-refractivity contribution in [2.75, 3.05) is 6.54 Å². The van der Waals surface area contributed by atoms with Gasteiger partial charge in [-0.3, -0.25) is 4.79 Å². The monoisotopic (exact) mass is 434 g/mol. The molecule has 158 valence electrons. The summed E-state index contributed by atoms with van der Waals surface area (Å²) in [6.07, 6.45) is 4.20. The molecule has 0 aliphatic carbocycles. The molecule has 7 heteroatoms. The molecule has 5 rings (SSSR count). The summed E-state index contributed by atoms with van der Waals surface area (Å²) in [5, 5.41) is 0.711. The van der Waals surface area contributed by atoms with E-state index in [-0.39, 0.29) is 18.5 Å². The van der Waals surface area contributed by atoms with Crippen LogP contribution in [0.2, 0.25) is 5.02 Å². The van der Waals surface area contributed by atoms with Crippen LogP contribution in [0.1, 0.15) is 41.9 Å². The van der Waals surface area contributed by atoms with Gasteiger partial charge in [-0.1, -0.05) is 35.9 Å². The summed E-state index contributed by atoms with van der Waals surface area (Å²) in [7, 11) is 0. The van der Waals surface area contributed by atoms with E-state index in [2.05, 4.69) is 9.97 Å². The zero-order valence-corrected chi connectivity index (χ0v) is 18.0. The lowest BCUT2D eigenvalue weighted by atomic mass is 10.1. The molecule has 0 N–H and O–H groups in total. The molecule has 0 bridgehead atoms. The molecule has 0 spiro atoms. The number of aryl methyl sites for hydroxylation is 1. The van der Waals surface area contributed by atoms with Crippen molar-refractivity contribution >= 4 is 28.5 Å². The van der Waals surface area contributed by atoms with Gasteiger partial charge in [-0.05, 0) is 49.6 Å². The Morgan fingerprint density at radius 1 is 1.19 bits per heavy atom. The first-order valence-corrected chi connectivity index (χ1v) is 10.9. The van der Waals surface area contributed by atoms with Crippen LogP contribution in [0, 0.1) is 6.92 Å². The van der Waals surface area contributed by atoms with E-state index in [0.29, 0.717) is 23.9 Å². The molecule has 2 aromatic heterocycles. The van der Waals surface area contributed by atoms with Crippen LogP contribution in [0.15, 0.2) is 59.1 Å². The molecule has 1 atom stereocenters. The van der Waals surface area contributed by atoms with E-state index in [0.717, 1.165) is 41.0 Å². The summed E-state index contributed by atoms with van der Waals surface area (Å²) in [6, 6.07) is 15.5. The molecular weight excluding hydrogens is 412 g/mol. The number of rotatable bonds is 5. The predicted molar refractivity (Wildman–Crippen MR) is 119 cm³/mol. The van der Waals surface area contributed by atoms with Crippen LogP contribution in [0.4, 0.5) is 0 Å². The van der Waals surface area contributed by atoms with Crippen molar-refractivity contribution in [2.45, 2.75) is 38.8 Å². The number of para-hydroxylation sites is 2. The maximum absolute atomic E-state index is 13.2. The summed E-state index contributed by atoms with van der Waals surface area (Å²) in [4.78, 5) is 24.2. The number of benzene rings is 2. The van der Waals surface area contributed by atoms with Gasteiger partial charge in [0.15, 0.2) is 0 Å². The molecule has 1 aliphatic rings. The lowest BCUT2D eigenvalue weighted by Crippen LogP contribution is -2.33. The molecule has 1 unspecified atom stereocenters. The minimum absolute atomic E-state index is 0.0613. The Bertz CT molecular complexity index is 1230. The van der Waals surface area contributed by atoms with E-state index >= 15 is 0 Å². The number of oxazole rings is 1. The second-order valence-corrected chi connectivity index (χ2v) is 8.38. The van der Waals surface area contributed by atoms with Gasteiger partial charge in [-0.25, -0.2) is 9.97 Å². The Morgan fingerprint density at radius 3 is 2.84 bits per heavy atom. The second kappa shape index (κ2) is 8.19. The number of hydrogen-bond acceptors (Lipinski definition) is 4. The highest BCUT2D eigenvalue weighted by Gasteiger charge is 2.33. The van der Waals surface area contributed by atoms with Gasteiger partial charge >= 0.3 is 0 Å². The van der Waals surface area contributed by atoms with E-state index in [1.807, 2.05) is 64.9 Å². The second-order valence-electron chi connectivity index (χ2n) is 7.95. The van der Waals surface area contributed by atoms with Gasteiger partial charge in [-0.2, -0.15) is 0 Å². The van der Waals surface area contributed by atoms with Crippen LogP contribution in [0.3, 0.4) is 0 Å². The molecule has 1 amide bonds. The van der Waals surface area contributed by atoms with Gasteiger partial charge in [-0.15, -0.1) is 0 Å². The lowest BCUT2D eigenvalue weighted by molar-refractivity contribution is -0.133. The summed E-state index contributed by atoms with van der Waals surface area (Å²) in [6.45, 7) is 2.91. The fourth-order valence-electron chi connectivity index (χ4n) is 4.31. The molecule has 1 fully saturated rings. The molecular formula is C24H23ClN4O2. The molecule has 2 aromatic carbocycles. The number of likely N-dealkylation sites (tertiary alicyclic amines) is 1. The Hall–Kier alpha value is -3.12. The average Bonchev–Trinajstić information content (AvgIpc) is 3.49. The van der Waals surface area contributed by atoms with E-state index < -0.39 is 0 Å². The van der Waals surface area contributed by atoms with Crippen molar-refractivity contribution < 1.29 is 9.21 Å². The summed E-state index contributed by atoms with van der Waals surface area (Å²) in [5.74, 6) is 2.30. The molecule has 6 nitrogen and oxygen atoms in total. The number of fused-ring (bicyclic) bond motifs is 1. The number of carbonyl (C=O) groups excluding carboxylic acids is 1. The highest BCUT2D eigenvalue weighted by molar-refractivity contribution is 6.30. The zero-order valence-electron chi connectivity index (χ0n) is 17.3. The smallest absolute Gasteiger partial charge is 0.243 e. The van der Waals surface area contributed by atoms with Crippen molar-refractivity contribution in [3.63, 3.8) is 0 Å². The van der Waals surface area contributed by atoms with Crippen molar-refractivity contribution in [3.8, 4) is 0 Å². The normalized spacial score (nSPS) is 16.3. The van der Waals surface area contributed by atoms with Crippen LogP contribution >= 0.6 is 11.6 Å². The highest BCUT2D eigenvalue weighted by Crippen LogP contribution is 2.32. The molecule has 1 saturated heterocycles. The number of hydrogen-bond donors (Lipinski definition) is 0. The standard InChI is InChI=1S/C24H23ClN4O2/c1-16-27-20-5-2-3-6-21(20)29(16)15-23(30)28-12-4-7-22(28)24-26-14-19(31-24)13-17-8-10-18(25)11-9-17/h2-3,5-6,8-11,14,22H,4,7,12-13,15H2,1H3. The quantitative estimate of drug-likeness (QED) is 0.446. The summed E-state index contributed by atoms with van der Waals surface area (Å²) >= 11 is 5.96. The van der Waals surface area contributed by atoms with Crippen LogP contribution in [0.5, 0.6) is 0 Å². The first kappa shape index (κ1) is 19.8. The zero-order chi connectivity index (χ0) is 21.4. The number of aromatic nitrogens is 3. The van der Waals surface area contributed by atoms with Crippen molar-refractivity contribution in [1.82, 2.24) is 19.4 Å². The predicted octanol–water partition coefficient (Wildman–Crippen LogP) is 4.94. The van der Waals surface area contributed by atoms with Crippen molar-refractivity contribution in [1.29, 1.82) is 0 Å². The molecule has 1 aliphatic heterocycles. The first-order valence-electron chi connectivity index (χ1n) is 10.5. The summed E-state index contributed by atoms with van der Waals surface area (Å²) in [5.41, 5.74) is 2.99. The maximum atomic E-state index is 13.2. The fraction of sp³-hybridized carbons (Fsp3) is 0.292. The number of imidazole rings is 1. The molecule has 4 aromatic rings. The Balaban J connectivity index is 1.32. The van der Waals surface area contributed by atoms with Gasteiger partial charge in [0.2, 0.25) is 11.8 Å². The van der Waals surface area contributed by atoms with Gasteiger partial charge < -0.3 is 13.9 Å². The van der Waals surface area contributed by atoms with Gasteiger partial charge in [0.25, 0.3) is 0 Å². The number of amides is 1. The average molecular weight is 435 g/mol. The minimum Gasteiger partial charge on any atom is -0.443 e. The first-order chi connectivity index (χ1) is 15.1. The van der Waals surface area contributed by atoms with E-state index in [1.54, 1.807) is 6.20 Å². The Kier molecular flexibility index (Phi) is 5.24. The topological polar surface area (TPSA) is 64.2 Å². The van der Waals surface area contributed by atoms with Crippen LogP contribution in [0.25, 0.3) is 11.0 Å². The maximum Gasteiger partial charge on any atom is 0.243 e. The van der Waals surface area contributed by atoms with Crippen molar-refractivity contribution in [3.05, 3.63) is 82.8 Å².